The van der Waals surface area contributed by atoms with Crippen LogP contribution >= 0.6 is 23.2 Å². The minimum absolute atomic E-state index is 0.580. The molecule has 2 nitrogen and oxygen atoms in total. The summed E-state index contributed by atoms with van der Waals surface area (Å²) in [6.07, 6.45) is 0. The van der Waals surface area contributed by atoms with Gasteiger partial charge in [0.15, 0.2) is 0 Å². The Hall–Kier alpha value is -1.38. The van der Waals surface area contributed by atoms with Crippen LogP contribution in [0.5, 0.6) is 0 Å². The van der Waals surface area contributed by atoms with Crippen molar-refractivity contribution in [2.45, 2.75) is 13.1 Å². The van der Waals surface area contributed by atoms with Gasteiger partial charge in [0.1, 0.15) is 0 Å². The molecule has 0 saturated carbocycles. The van der Waals surface area contributed by atoms with E-state index in [1.54, 1.807) is 0 Å². The maximum Gasteiger partial charge on any atom is 0.0612 e. The second-order valence-electron chi connectivity index (χ2n) is 4.44. The van der Waals surface area contributed by atoms with Gasteiger partial charge < -0.3 is 10.6 Å². The summed E-state index contributed by atoms with van der Waals surface area (Å²) in [4.78, 5) is 2.24. The molecule has 0 atom stereocenters. The Kier molecular flexibility index (Phi) is 2.84. The predicted octanol–water partition coefficient (Wildman–Crippen LogP) is 4.10. The highest BCUT2D eigenvalue weighted by Gasteiger charge is 2.21. The first kappa shape index (κ1) is 11.7. The number of nitrogens with zero attached hydrogens (tertiary/aromatic N) is 1. The van der Waals surface area contributed by atoms with Crippen LogP contribution in [0.2, 0.25) is 10.0 Å². The summed E-state index contributed by atoms with van der Waals surface area (Å²) >= 11 is 12.0. The third-order valence-corrected chi connectivity index (χ3v) is 4.03. The van der Waals surface area contributed by atoms with Crippen molar-refractivity contribution >= 4 is 34.6 Å². The lowest BCUT2D eigenvalue weighted by Crippen LogP contribution is -2.14. The number of hydrogen-bond acceptors (Lipinski definition) is 2. The Balaban J connectivity index is 1.94. The van der Waals surface area contributed by atoms with Crippen molar-refractivity contribution in [3.8, 4) is 0 Å². The highest BCUT2D eigenvalue weighted by Crippen LogP contribution is 2.34. The predicted molar refractivity (Wildman–Crippen MR) is 77.2 cm³/mol. The van der Waals surface area contributed by atoms with Gasteiger partial charge in [-0.1, -0.05) is 35.3 Å². The van der Waals surface area contributed by atoms with E-state index in [-0.39, 0.29) is 0 Å². The van der Waals surface area contributed by atoms with E-state index in [0.717, 1.165) is 24.5 Å². The molecule has 0 amide bonds. The van der Waals surface area contributed by atoms with Crippen LogP contribution in [-0.4, -0.2) is 0 Å². The van der Waals surface area contributed by atoms with Crippen LogP contribution in [0.25, 0.3) is 0 Å². The molecule has 2 N–H and O–H groups in total. The molecule has 0 unspecified atom stereocenters. The zero-order valence-electron chi connectivity index (χ0n) is 9.66. The molecule has 1 aliphatic heterocycles. The van der Waals surface area contributed by atoms with Crippen molar-refractivity contribution in [1.82, 2.24) is 0 Å². The molecular formula is C14H12Cl2N2. The first-order chi connectivity index (χ1) is 8.65. The molecule has 1 aliphatic rings. The normalized spacial score (nSPS) is 13.8. The van der Waals surface area contributed by atoms with Crippen LogP contribution in [0.15, 0.2) is 36.4 Å². The number of nitrogens with two attached hydrogens (primary N) is 1. The van der Waals surface area contributed by atoms with Gasteiger partial charge in [-0.3, -0.25) is 0 Å². The van der Waals surface area contributed by atoms with E-state index in [4.69, 9.17) is 28.9 Å². The zero-order chi connectivity index (χ0) is 12.7. The largest absolute Gasteiger partial charge is 0.398 e. The molecule has 0 bridgehead atoms. The van der Waals surface area contributed by atoms with E-state index in [1.165, 1.54) is 11.1 Å². The van der Waals surface area contributed by atoms with Crippen LogP contribution in [0, 0.1) is 0 Å². The highest BCUT2D eigenvalue weighted by atomic mass is 35.5. The number of anilines is 2. The van der Waals surface area contributed by atoms with Gasteiger partial charge in [-0.05, 0) is 35.4 Å². The molecule has 0 spiro atoms. The Morgan fingerprint density at radius 2 is 1.83 bits per heavy atom. The maximum absolute atomic E-state index is 6.05. The average molecular weight is 279 g/mol. The van der Waals surface area contributed by atoms with Crippen molar-refractivity contribution in [3.63, 3.8) is 0 Å². The van der Waals surface area contributed by atoms with Gasteiger partial charge in [-0.25, -0.2) is 0 Å². The summed E-state index contributed by atoms with van der Waals surface area (Å²) in [7, 11) is 0. The van der Waals surface area contributed by atoms with E-state index in [9.17, 15) is 0 Å². The molecule has 4 heteroatoms. The minimum Gasteiger partial charge on any atom is -0.398 e. The van der Waals surface area contributed by atoms with Gasteiger partial charge in [-0.2, -0.15) is 0 Å². The lowest BCUT2D eigenvalue weighted by Gasteiger charge is -2.18. The van der Waals surface area contributed by atoms with Gasteiger partial charge in [-0.15, -0.1) is 0 Å². The number of hydrogen-bond donors (Lipinski definition) is 1. The Morgan fingerprint density at radius 3 is 2.56 bits per heavy atom. The van der Waals surface area contributed by atoms with Crippen molar-refractivity contribution in [3.05, 3.63) is 57.6 Å². The molecule has 2 aromatic rings. The first-order valence-corrected chi connectivity index (χ1v) is 6.47. The van der Waals surface area contributed by atoms with Crippen LogP contribution in [-0.2, 0) is 13.1 Å². The van der Waals surface area contributed by atoms with E-state index in [1.807, 2.05) is 30.3 Å². The summed E-state index contributed by atoms with van der Waals surface area (Å²) in [5.41, 5.74) is 10.4. The van der Waals surface area contributed by atoms with Gasteiger partial charge in [0.05, 0.1) is 10.0 Å². The molecule has 0 aromatic heterocycles. The fourth-order valence-corrected chi connectivity index (χ4v) is 2.60. The topological polar surface area (TPSA) is 29.3 Å². The summed E-state index contributed by atoms with van der Waals surface area (Å²) in [5, 5.41) is 1.16. The first-order valence-electron chi connectivity index (χ1n) is 5.71. The minimum atomic E-state index is 0.580. The lowest BCUT2D eigenvalue weighted by molar-refractivity contribution is 0.881. The molecular weight excluding hydrogens is 267 g/mol. The number of benzene rings is 2. The summed E-state index contributed by atoms with van der Waals surface area (Å²) < 4.78 is 0. The molecule has 0 saturated heterocycles. The molecule has 0 radical (unpaired) electrons. The SMILES string of the molecule is Nc1cccc2c1CN(c1ccc(Cl)c(Cl)c1)C2. The quantitative estimate of drug-likeness (QED) is 0.796. The van der Waals surface area contributed by atoms with Crippen molar-refractivity contribution in [2.75, 3.05) is 10.6 Å². The second-order valence-corrected chi connectivity index (χ2v) is 5.25. The second kappa shape index (κ2) is 4.38. The van der Waals surface area contributed by atoms with Gasteiger partial charge >= 0.3 is 0 Å². The molecule has 0 fully saturated rings. The van der Waals surface area contributed by atoms with Crippen LogP contribution in [0.4, 0.5) is 11.4 Å². The highest BCUT2D eigenvalue weighted by molar-refractivity contribution is 6.42. The Morgan fingerprint density at radius 1 is 1.00 bits per heavy atom. The monoisotopic (exact) mass is 278 g/mol. The summed E-state index contributed by atoms with van der Waals surface area (Å²) in [5.74, 6) is 0. The molecule has 2 aromatic carbocycles. The number of fused-ring (bicyclic) bond motifs is 1. The Bertz CT molecular complexity index is 611. The molecule has 1 heterocycles. The maximum atomic E-state index is 6.05. The van der Waals surface area contributed by atoms with Gasteiger partial charge in [0.2, 0.25) is 0 Å². The van der Waals surface area contributed by atoms with Gasteiger partial charge in [0.25, 0.3) is 0 Å². The van der Waals surface area contributed by atoms with Gasteiger partial charge in [0, 0.05) is 24.5 Å². The average Bonchev–Trinajstić information content (AvgIpc) is 2.78. The van der Waals surface area contributed by atoms with Crippen LogP contribution in [0.1, 0.15) is 11.1 Å². The smallest absolute Gasteiger partial charge is 0.0612 e. The summed E-state index contributed by atoms with van der Waals surface area (Å²) in [6.45, 7) is 1.68. The van der Waals surface area contributed by atoms with Crippen LogP contribution in [0.3, 0.4) is 0 Å². The summed E-state index contributed by atoms with van der Waals surface area (Å²) in [6, 6.07) is 11.8. The standard InChI is InChI=1S/C14H12Cl2N2/c15-12-5-4-10(6-13(12)16)18-7-9-2-1-3-14(17)11(9)8-18/h1-6H,7-8,17H2. The molecule has 0 aliphatic carbocycles. The van der Waals surface area contributed by atoms with Crippen molar-refractivity contribution < 1.29 is 0 Å². The number of halogens is 2. The fraction of sp³-hybridized carbons (Fsp3) is 0.143. The fourth-order valence-electron chi connectivity index (χ4n) is 2.31. The molecule has 3 rings (SSSR count). The van der Waals surface area contributed by atoms with E-state index in [0.29, 0.717) is 10.0 Å². The number of nitrogen functional groups attached to an aromatic ring is 1. The molecule has 92 valence electrons. The van der Waals surface area contributed by atoms with E-state index >= 15 is 0 Å². The number of rotatable bonds is 1. The zero-order valence-corrected chi connectivity index (χ0v) is 11.2. The third kappa shape index (κ3) is 1.92. The van der Waals surface area contributed by atoms with E-state index in [2.05, 4.69) is 11.0 Å². The van der Waals surface area contributed by atoms with E-state index < -0.39 is 0 Å². The van der Waals surface area contributed by atoms with Crippen molar-refractivity contribution in [1.29, 1.82) is 0 Å². The molecule has 18 heavy (non-hydrogen) atoms. The Labute approximate surface area is 116 Å². The lowest BCUT2D eigenvalue weighted by atomic mass is 10.1. The van der Waals surface area contributed by atoms with Crippen molar-refractivity contribution in [2.24, 2.45) is 0 Å². The third-order valence-electron chi connectivity index (χ3n) is 3.29. The van der Waals surface area contributed by atoms with Crippen LogP contribution < -0.4 is 10.6 Å².